The Morgan fingerprint density at radius 1 is 1.22 bits per heavy atom. The van der Waals surface area contributed by atoms with Crippen molar-refractivity contribution >= 4 is 22.6 Å². The van der Waals surface area contributed by atoms with Crippen LogP contribution in [0.5, 0.6) is 0 Å². The monoisotopic (exact) mass is 391 g/mol. The van der Waals surface area contributed by atoms with Gasteiger partial charge in [-0.25, -0.2) is 13.8 Å². The molecule has 1 aliphatic rings. The Morgan fingerprint density at radius 2 is 1.93 bits per heavy atom. The lowest BCUT2D eigenvalue weighted by Gasteiger charge is -2.31. The molecule has 0 aliphatic carbocycles. The van der Waals surface area contributed by atoms with Crippen molar-refractivity contribution in [2.24, 2.45) is 0 Å². The maximum absolute atomic E-state index is 13.9. The highest BCUT2D eigenvalue weighted by atomic mass is 35.5. The molecule has 3 aromatic rings. The first kappa shape index (κ1) is 18.1. The molecule has 2 aromatic heterocycles. The van der Waals surface area contributed by atoms with E-state index in [9.17, 15) is 9.18 Å². The van der Waals surface area contributed by atoms with E-state index in [4.69, 9.17) is 16.3 Å². The van der Waals surface area contributed by atoms with Gasteiger partial charge in [0.05, 0.1) is 24.8 Å². The third kappa shape index (κ3) is 3.35. The van der Waals surface area contributed by atoms with Crippen LogP contribution < -0.4 is 5.56 Å². The predicted octanol–water partition coefficient (Wildman–Crippen LogP) is 2.96. The Labute approximate surface area is 159 Å². The lowest BCUT2D eigenvalue weighted by molar-refractivity contribution is -0.0517. The molecule has 0 spiro atoms. The molecule has 0 N–H and O–H groups in total. The summed E-state index contributed by atoms with van der Waals surface area (Å²) in [6, 6.07) is 6.25. The quantitative estimate of drug-likeness (QED) is 0.686. The average Bonchev–Trinajstić information content (AvgIpc) is 2.93. The predicted molar refractivity (Wildman–Crippen MR) is 98.4 cm³/mol. The molecule has 0 bridgehead atoms. The van der Waals surface area contributed by atoms with E-state index in [0.717, 1.165) is 0 Å². The minimum Gasteiger partial charge on any atom is -0.375 e. The first-order valence-corrected chi connectivity index (χ1v) is 9.22. The van der Waals surface area contributed by atoms with Crippen molar-refractivity contribution in [3.8, 4) is 0 Å². The van der Waals surface area contributed by atoms with Crippen LogP contribution in [0.15, 0.2) is 29.1 Å². The Bertz CT molecular complexity index is 1040. The van der Waals surface area contributed by atoms with Crippen molar-refractivity contribution in [1.82, 2.24) is 24.8 Å². The largest absolute Gasteiger partial charge is 0.375 e. The number of fused-ring (bicyclic) bond motifs is 1. The first-order valence-electron chi connectivity index (χ1n) is 8.84. The van der Waals surface area contributed by atoms with E-state index in [2.05, 4.69) is 15.4 Å². The van der Waals surface area contributed by atoms with Gasteiger partial charge >= 0.3 is 0 Å². The number of ether oxygens (including phenoxy) is 1. The van der Waals surface area contributed by atoms with E-state index >= 15 is 0 Å². The van der Waals surface area contributed by atoms with Crippen molar-refractivity contribution < 1.29 is 9.13 Å². The van der Waals surface area contributed by atoms with Crippen LogP contribution in [0.25, 0.3) is 11.0 Å². The summed E-state index contributed by atoms with van der Waals surface area (Å²) in [5.74, 6) is -0.359. The zero-order chi connectivity index (χ0) is 19.1. The van der Waals surface area contributed by atoms with Crippen LogP contribution in [0.1, 0.15) is 38.3 Å². The van der Waals surface area contributed by atoms with Gasteiger partial charge in [0.1, 0.15) is 5.82 Å². The third-order valence-electron chi connectivity index (χ3n) is 4.82. The summed E-state index contributed by atoms with van der Waals surface area (Å²) in [5.41, 5.74) is 0.439. The number of hydrogen-bond acceptors (Lipinski definition) is 5. The second-order valence-electron chi connectivity index (χ2n) is 6.96. The molecular formula is C18H19ClFN5O2. The van der Waals surface area contributed by atoms with Crippen LogP contribution >= 0.6 is 11.6 Å². The SMILES string of the molecule is C[C@@H]1CC(n2nnc3c(Cl)n(Cc4ccccc4F)nc3c2=O)C[C@@H](C)O1. The van der Waals surface area contributed by atoms with Crippen LogP contribution in [0, 0.1) is 5.82 Å². The summed E-state index contributed by atoms with van der Waals surface area (Å²) < 4.78 is 22.4. The normalized spacial score (nSPS) is 23.0. The number of rotatable bonds is 3. The Hall–Kier alpha value is -2.32. The zero-order valence-corrected chi connectivity index (χ0v) is 15.7. The van der Waals surface area contributed by atoms with Crippen LogP contribution in [0.2, 0.25) is 5.15 Å². The van der Waals surface area contributed by atoms with Gasteiger partial charge in [-0.1, -0.05) is 35.0 Å². The van der Waals surface area contributed by atoms with E-state index < -0.39 is 0 Å². The topological polar surface area (TPSA) is 74.8 Å². The van der Waals surface area contributed by atoms with Crippen LogP contribution in [-0.2, 0) is 11.3 Å². The van der Waals surface area contributed by atoms with Gasteiger partial charge in [0, 0.05) is 5.56 Å². The summed E-state index contributed by atoms with van der Waals surface area (Å²) in [6.45, 7) is 4.05. The molecule has 9 heteroatoms. The Balaban J connectivity index is 1.73. The van der Waals surface area contributed by atoms with E-state index in [1.165, 1.54) is 15.4 Å². The maximum Gasteiger partial charge on any atom is 0.298 e. The molecule has 142 valence electrons. The molecule has 0 saturated carbocycles. The molecule has 7 nitrogen and oxygen atoms in total. The molecule has 0 unspecified atom stereocenters. The minimum absolute atomic E-state index is 0.0327. The van der Waals surface area contributed by atoms with Gasteiger partial charge < -0.3 is 4.74 Å². The number of halogens is 2. The van der Waals surface area contributed by atoms with Crippen molar-refractivity contribution in [1.29, 1.82) is 0 Å². The molecule has 1 saturated heterocycles. The maximum atomic E-state index is 13.9. The van der Waals surface area contributed by atoms with E-state index in [-0.39, 0.29) is 52.4 Å². The summed E-state index contributed by atoms with van der Waals surface area (Å²) in [4.78, 5) is 12.9. The highest BCUT2D eigenvalue weighted by Gasteiger charge is 2.29. The molecule has 1 aromatic carbocycles. The second kappa shape index (κ2) is 7.01. The van der Waals surface area contributed by atoms with Gasteiger partial charge in [0.2, 0.25) is 0 Å². The van der Waals surface area contributed by atoms with Gasteiger partial charge in [0.15, 0.2) is 16.2 Å². The fourth-order valence-corrected chi connectivity index (χ4v) is 3.83. The van der Waals surface area contributed by atoms with Crippen LogP contribution in [-0.4, -0.2) is 37.0 Å². The van der Waals surface area contributed by atoms with Crippen molar-refractivity contribution in [2.45, 2.75) is 51.5 Å². The van der Waals surface area contributed by atoms with Crippen molar-refractivity contribution in [3.05, 3.63) is 51.2 Å². The third-order valence-corrected chi connectivity index (χ3v) is 5.19. The summed E-state index contributed by atoms with van der Waals surface area (Å²) in [5, 5.41) is 12.7. The molecule has 4 rings (SSSR count). The van der Waals surface area contributed by atoms with E-state index in [1.54, 1.807) is 18.2 Å². The lowest BCUT2D eigenvalue weighted by atomic mass is 10.00. The number of nitrogens with zero attached hydrogens (tertiary/aromatic N) is 5. The van der Waals surface area contributed by atoms with Gasteiger partial charge in [-0.2, -0.15) is 5.10 Å². The molecule has 1 aliphatic heterocycles. The molecule has 3 heterocycles. The molecular weight excluding hydrogens is 373 g/mol. The molecule has 1 fully saturated rings. The highest BCUT2D eigenvalue weighted by Crippen LogP contribution is 2.28. The molecule has 0 radical (unpaired) electrons. The number of hydrogen-bond donors (Lipinski definition) is 0. The fourth-order valence-electron chi connectivity index (χ4n) is 3.61. The van der Waals surface area contributed by atoms with E-state index in [1.807, 2.05) is 13.8 Å². The highest BCUT2D eigenvalue weighted by molar-refractivity contribution is 6.33. The number of aromatic nitrogens is 5. The Morgan fingerprint density at radius 3 is 2.63 bits per heavy atom. The molecule has 0 amide bonds. The summed E-state index contributed by atoms with van der Waals surface area (Å²) in [6.07, 6.45) is 1.41. The standard InChI is InChI=1S/C18H19ClFN5O2/c1-10-7-13(8-11(2)27-10)25-18(26)16-15(21-23-25)17(19)24(22-16)9-12-5-3-4-6-14(12)20/h3-6,10-11,13H,7-9H2,1-2H3/t10-,11-/m1/s1. The van der Waals surface area contributed by atoms with E-state index in [0.29, 0.717) is 18.4 Å². The van der Waals surface area contributed by atoms with Crippen LogP contribution in [0.4, 0.5) is 4.39 Å². The second-order valence-corrected chi connectivity index (χ2v) is 7.32. The Kier molecular flexibility index (Phi) is 4.69. The fraction of sp³-hybridized carbons (Fsp3) is 0.444. The van der Waals surface area contributed by atoms with Gasteiger partial charge in [0.25, 0.3) is 5.56 Å². The van der Waals surface area contributed by atoms with Gasteiger partial charge in [-0.15, -0.1) is 5.10 Å². The van der Waals surface area contributed by atoms with Crippen molar-refractivity contribution in [3.63, 3.8) is 0 Å². The first-order chi connectivity index (χ1) is 12.9. The number of benzene rings is 1. The zero-order valence-electron chi connectivity index (χ0n) is 15.0. The smallest absolute Gasteiger partial charge is 0.298 e. The van der Waals surface area contributed by atoms with Crippen LogP contribution in [0.3, 0.4) is 0 Å². The lowest BCUT2D eigenvalue weighted by Crippen LogP contribution is -2.37. The molecule has 27 heavy (non-hydrogen) atoms. The average molecular weight is 392 g/mol. The molecule has 2 atom stereocenters. The minimum atomic E-state index is -0.359. The van der Waals surface area contributed by atoms with Gasteiger partial charge in [-0.3, -0.25) is 4.79 Å². The van der Waals surface area contributed by atoms with Crippen molar-refractivity contribution in [2.75, 3.05) is 0 Å². The summed E-state index contributed by atoms with van der Waals surface area (Å²) >= 11 is 6.32. The summed E-state index contributed by atoms with van der Waals surface area (Å²) in [7, 11) is 0. The van der Waals surface area contributed by atoms with Gasteiger partial charge in [-0.05, 0) is 32.8 Å².